The number of pyridine rings is 1. The molecule has 0 unspecified atom stereocenters. The summed E-state index contributed by atoms with van der Waals surface area (Å²) in [5.41, 5.74) is 7.93. The first-order chi connectivity index (χ1) is 8.29. The second kappa shape index (κ2) is 5.80. The summed E-state index contributed by atoms with van der Waals surface area (Å²) in [6.45, 7) is 0.538. The van der Waals surface area contributed by atoms with Crippen molar-refractivity contribution in [1.82, 2.24) is 4.98 Å². The maximum Gasteiger partial charge on any atom is 0.0636 e. The van der Waals surface area contributed by atoms with Gasteiger partial charge in [-0.3, -0.25) is 4.98 Å². The van der Waals surface area contributed by atoms with E-state index < -0.39 is 0 Å². The van der Waals surface area contributed by atoms with Crippen molar-refractivity contribution in [2.24, 2.45) is 5.73 Å². The first kappa shape index (κ1) is 12.1. The van der Waals surface area contributed by atoms with Gasteiger partial charge in [-0.1, -0.05) is 30.3 Å². The average Bonchev–Trinajstić information content (AvgIpc) is 2.37. The number of hydrogen-bond donors (Lipinski definition) is 2. The van der Waals surface area contributed by atoms with Crippen LogP contribution in [-0.4, -0.2) is 11.5 Å². The predicted octanol–water partition coefficient (Wildman–Crippen LogP) is 2.96. The zero-order valence-electron chi connectivity index (χ0n) is 9.31. The zero-order valence-corrected chi connectivity index (χ0v) is 10.9. The Hall–Kier alpha value is -1.39. The summed E-state index contributed by atoms with van der Waals surface area (Å²) in [7, 11) is 0. The van der Waals surface area contributed by atoms with E-state index in [1.807, 2.05) is 24.3 Å². The van der Waals surface area contributed by atoms with Gasteiger partial charge in [0.1, 0.15) is 0 Å². The van der Waals surface area contributed by atoms with E-state index in [-0.39, 0.29) is 6.04 Å². The van der Waals surface area contributed by atoms with Gasteiger partial charge in [0, 0.05) is 17.2 Å². The summed E-state index contributed by atoms with van der Waals surface area (Å²) in [5, 5.41) is 3.37. The molecule has 0 fully saturated rings. The zero-order chi connectivity index (χ0) is 12.1. The van der Waals surface area contributed by atoms with Crippen LogP contribution in [0.2, 0.25) is 0 Å². The number of hydrogen-bond acceptors (Lipinski definition) is 3. The number of rotatable bonds is 4. The second-order valence-electron chi connectivity index (χ2n) is 3.74. The van der Waals surface area contributed by atoms with Crippen LogP contribution >= 0.6 is 15.9 Å². The lowest BCUT2D eigenvalue weighted by molar-refractivity contribution is 0.789. The molecule has 0 spiro atoms. The Morgan fingerprint density at radius 2 is 2.00 bits per heavy atom. The van der Waals surface area contributed by atoms with E-state index in [1.165, 1.54) is 5.56 Å². The minimum atomic E-state index is 0.104. The van der Waals surface area contributed by atoms with Crippen molar-refractivity contribution in [3.8, 4) is 0 Å². The van der Waals surface area contributed by atoms with E-state index >= 15 is 0 Å². The van der Waals surface area contributed by atoms with Crippen LogP contribution in [0.1, 0.15) is 11.6 Å². The molecular weight excluding hydrogens is 278 g/mol. The number of halogens is 1. The molecule has 0 aliphatic carbocycles. The molecule has 1 aromatic heterocycles. The monoisotopic (exact) mass is 291 g/mol. The minimum Gasteiger partial charge on any atom is -0.376 e. The quantitative estimate of drug-likeness (QED) is 0.911. The third-order valence-corrected chi connectivity index (χ3v) is 2.92. The van der Waals surface area contributed by atoms with Crippen LogP contribution in [0.15, 0.2) is 53.3 Å². The number of nitrogens with zero attached hydrogens (tertiary/aromatic N) is 1. The van der Waals surface area contributed by atoms with E-state index in [0.717, 1.165) is 10.2 Å². The number of aromatic nitrogens is 1. The van der Waals surface area contributed by atoms with Crippen LogP contribution in [0.4, 0.5) is 5.69 Å². The molecule has 1 aromatic carbocycles. The Labute approximate surface area is 109 Å². The fourth-order valence-electron chi connectivity index (χ4n) is 1.66. The fourth-order valence-corrected chi connectivity index (χ4v) is 2.02. The number of nitrogens with two attached hydrogens (primary N) is 1. The summed E-state index contributed by atoms with van der Waals surface area (Å²) in [6.07, 6.45) is 3.54. The predicted molar refractivity (Wildman–Crippen MR) is 73.8 cm³/mol. The standard InChI is InChI=1S/C13H14BrN3/c14-11-6-12(9-16-8-11)17-13(7-15)10-4-2-1-3-5-10/h1-6,8-9,13,17H,7,15H2/t13-/m0/s1. The van der Waals surface area contributed by atoms with Crippen molar-refractivity contribution >= 4 is 21.6 Å². The molecule has 2 aromatic rings. The largest absolute Gasteiger partial charge is 0.376 e. The molecule has 0 amide bonds. The number of benzene rings is 1. The van der Waals surface area contributed by atoms with E-state index in [9.17, 15) is 0 Å². The topological polar surface area (TPSA) is 50.9 Å². The van der Waals surface area contributed by atoms with Gasteiger partial charge in [0.25, 0.3) is 0 Å². The van der Waals surface area contributed by atoms with Gasteiger partial charge in [-0.15, -0.1) is 0 Å². The minimum absolute atomic E-state index is 0.104. The summed E-state index contributed by atoms with van der Waals surface area (Å²) in [4.78, 5) is 4.12. The molecule has 1 heterocycles. The Balaban J connectivity index is 2.16. The van der Waals surface area contributed by atoms with Crippen LogP contribution in [0.5, 0.6) is 0 Å². The molecule has 88 valence electrons. The summed E-state index contributed by atoms with van der Waals surface area (Å²) < 4.78 is 0.950. The molecule has 4 heteroatoms. The van der Waals surface area contributed by atoms with E-state index in [1.54, 1.807) is 12.4 Å². The van der Waals surface area contributed by atoms with Crippen LogP contribution in [0.25, 0.3) is 0 Å². The highest BCUT2D eigenvalue weighted by molar-refractivity contribution is 9.10. The van der Waals surface area contributed by atoms with Gasteiger partial charge in [-0.25, -0.2) is 0 Å². The van der Waals surface area contributed by atoms with Crippen LogP contribution in [0, 0.1) is 0 Å². The molecule has 3 N–H and O–H groups in total. The van der Waals surface area contributed by atoms with Crippen molar-refractivity contribution in [3.05, 3.63) is 58.8 Å². The van der Waals surface area contributed by atoms with E-state index in [0.29, 0.717) is 6.54 Å². The molecule has 0 aliphatic rings. The van der Waals surface area contributed by atoms with Crippen molar-refractivity contribution in [3.63, 3.8) is 0 Å². The molecule has 0 saturated carbocycles. The highest BCUT2D eigenvalue weighted by Gasteiger charge is 2.08. The lowest BCUT2D eigenvalue weighted by Crippen LogP contribution is -2.20. The SMILES string of the molecule is NC[C@H](Nc1cncc(Br)c1)c1ccccc1. The molecule has 0 aliphatic heterocycles. The molecule has 17 heavy (non-hydrogen) atoms. The maximum absolute atomic E-state index is 5.80. The van der Waals surface area contributed by atoms with Gasteiger partial charge in [-0.05, 0) is 27.6 Å². The fraction of sp³-hybridized carbons (Fsp3) is 0.154. The molecule has 2 rings (SSSR count). The van der Waals surface area contributed by atoms with E-state index in [4.69, 9.17) is 5.73 Å². The Morgan fingerprint density at radius 3 is 2.65 bits per heavy atom. The third-order valence-electron chi connectivity index (χ3n) is 2.48. The summed E-state index contributed by atoms with van der Waals surface area (Å²) in [5.74, 6) is 0. The van der Waals surface area contributed by atoms with Gasteiger partial charge < -0.3 is 11.1 Å². The maximum atomic E-state index is 5.80. The second-order valence-corrected chi connectivity index (χ2v) is 4.65. The van der Waals surface area contributed by atoms with Crippen molar-refractivity contribution in [2.45, 2.75) is 6.04 Å². The summed E-state index contributed by atoms with van der Waals surface area (Å²) >= 11 is 3.40. The van der Waals surface area contributed by atoms with Gasteiger partial charge in [0.2, 0.25) is 0 Å². The average molecular weight is 292 g/mol. The van der Waals surface area contributed by atoms with Gasteiger partial charge >= 0.3 is 0 Å². The van der Waals surface area contributed by atoms with Crippen LogP contribution < -0.4 is 11.1 Å². The molecule has 0 saturated heterocycles. The number of nitrogens with one attached hydrogen (secondary N) is 1. The Bertz CT molecular complexity index is 473. The first-order valence-corrected chi connectivity index (χ1v) is 6.21. The molecule has 1 atom stereocenters. The molecule has 0 radical (unpaired) electrons. The van der Waals surface area contributed by atoms with E-state index in [2.05, 4.69) is 38.4 Å². The highest BCUT2D eigenvalue weighted by atomic mass is 79.9. The van der Waals surface area contributed by atoms with Crippen molar-refractivity contribution in [2.75, 3.05) is 11.9 Å². The smallest absolute Gasteiger partial charge is 0.0636 e. The normalized spacial score (nSPS) is 12.1. The lowest BCUT2D eigenvalue weighted by atomic mass is 10.1. The van der Waals surface area contributed by atoms with Crippen molar-refractivity contribution < 1.29 is 0 Å². The highest BCUT2D eigenvalue weighted by Crippen LogP contribution is 2.20. The van der Waals surface area contributed by atoms with Gasteiger partial charge in [0.05, 0.1) is 17.9 Å². The molecule has 0 bridgehead atoms. The Morgan fingerprint density at radius 1 is 1.24 bits per heavy atom. The first-order valence-electron chi connectivity index (χ1n) is 5.41. The summed E-state index contributed by atoms with van der Waals surface area (Å²) in [6, 6.07) is 12.2. The Kier molecular flexibility index (Phi) is 4.12. The molecular formula is C13H14BrN3. The van der Waals surface area contributed by atoms with Crippen LogP contribution in [0.3, 0.4) is 0 Å². The van der Waals surface area contributed by atoms with Gasteiger partial charge in [-0.2, -0.15) is 0 Å². The molecule has 3 nitrogen and oxygen atoms in total. The third kappa shape index (κ3) is 3.28. The van der Waals surface area contributed by atoms with Crippen LogP contribution in [-0.2, 0) is 0 Å². The lowest BCUT2D eigenvalue weighted by Gasteiger charge is -2.18. The van der Waals surface area contributed by atoms with Crippen molar-refractivity contribution in [1.29, 1.82) is 0 Å². The van der Waals surface area contributed by atoms with Gasteiger partial charge in [0.15, 0.2) is 0 Å². The number of anilines is 1.